The van der Waals surface area contributed by atoms with E-state index in [4.69, 9.17) is 4.74 Å². The van der Waals surface area contributed by atoms with Crippen LogP contribution in [0.15, 0.2) is 66.7 Å². The zero-order valence-corrected chi connectivity index (χ0v) is 16.8. The number of ether oxygens (including phenoxy) is 1. The van der Waals surface area contributed by atoms with E-state index in [9.17, 15) is 19.2 Å². The van der Waals surface area contributed by atoms with Gasteiger partial charge in [0.2, 0.25) is 0 Å². The van der Waals surface area contributed by atoms with Gasteiger partial charge in [0.05, 0.1) is 29.5 Å². The summed E-state index contributed by atoms with van der Waals surface area (Å²) in [6.07, 6.45) is 0. The van der Waals surface area contributed by atoms with Gasteiger partial charge in [-0.1, -0.05) is 18.2 Å². The maximum atomic E-state index is 12.7. The standard InChI is InChI=1S/C24H18N2O5/c1-14-7-8-16(24(30)31-2)13-20(14)25-21(27)15-9-11-17(12-10-15)26-22(28)18-5-3-4-6-19(18)23(26)29/h3-13H,1-2H3,(H,25,27). The highest BCUT2D eigenvalue weighted by Gasteiger charge is 2.36. The Morgan fingerprint density at radius 1 is 0.839 bits per heavy atom. The summed E-state index contributed by atoms with van der Waals surface area (Å²) in [4.78, 5) is 50.7. The second-order valence-corrected chi connectivity index (χ2v) is 7.01. The van der Waals surface area contributed by atoms with Gasteiger partial charge in [-0.05, 0) is 61.0 Å². The van der Waals surface area contributed by atoms with E-state index in [0.717, 1.165) is 10.5 Å². The average molecular weight is 414 g/mol. The van der Waals surface area contributed by atoms with Crippen molar-refractivity contribution in [3.63, 3.8) is 0 Å². The number of fused-ring (bicyclic) bond motifs is 1. The lowest BCUT2D eigenvalue weighted by Gasteiger charge is -2.15. The van der Waals surface area contributed by atoms with E-state index < -0.39 is 17.8 Å². The van der Waals surface area contributed by atoms with Crippen molar-refractivity contribution < 1.29 is 23.9 Å². The Bertz CT molecular complexity index is 1200. The largest absolute Gasteiger partial charge is 0.465 e. The molecule has 7 nitrogen and oxygen atoms in total. The maximum absolute atomic E-state index is 12.7. The molecule has 1 N–H and O–H groups in total. The number of hydrogen-bond donors (Lipinski definition) is 1. The van der Waals surface area contributed by atoms with E-state index in [1.807, 2.05) is 6.92 Å². The fraction of sp³-hybridized carbons (Fsp3) is 0.0833. The Kier molecular flexibility index (Phi) is 5.09. The molecule has 1 aliphatic heterocycles. The molecule has 0 aliphatic carbocycles. The topological polar surface area (TPSA) is 92.8 Å². The van der Waals surface area contributed by atoms with Crippen molar-refractivity contribution in [3.05, 3.63) is 94.5 Å². The average Bonchev–Trinajstić information content (AvgIpc) is 3.05. The molecule has 0 saturated carbocycles. The minimum Gasteiger partial charge on any atom is -0.465 e. The lowest BCUT2D eigenvalue weighted by atomic mass is 10.1. The molecule has 1 aliphatic rings. The van der Waals surface area contributed by atoms with Gasteiger partial charge in [0, 0.05) is 11.3 Å². The first-order valence-electron chi connectivity index (χ1n) is 9.49. The molecule has 3 aromatic carbocycles. The summed E-state index contributed by atoms with van der Waals surface area (Å²) in [5, 5.41) is 2.77. The third kappa shape index (κ3) is 3.57. The number of imide groups is 1. The van der Waals surface area contributed by atoms with E-state index in [1.54, 1.807) is 54.6 Å². The number of nitrogens with zero attached hydrogens (tertiary/aromatic N) is 1. The summed E-state index contributed by atoms with van der Waals surface area (Å²) >= 11 is 0. The minimum absolute atomic E-state index is 0.323. The number of carbonyl (C=O) groups excluding carboxylic acids is 4. The molecule has 0 saturated heterocycles. The number of esters is 1. The second kappa shape index (κ2) is 7.87. The molecule has 1 heterocycles. The van der Waals surface area contributed by atoms with Crippen LogP contribution in [-0.4, -0.2) is 30.8 Å². The van der Waals surface area contributed by atoms with Gasteiger partial charge in [0.15, 0.2) is 0 Å². The van der Waals surface area contributed by atoms with E-state index in [1.165, 1.54) is 19.2 Å². The first-order valence-corrected chi connectivity index (χ1v) is 9.49. The monoisotopic (exact) mass is 414 g/mol. The maximum Gasteiger partial charge on any atom is 0.337 e. The molecule has 0 fully saturated rings. The normalized spacial score (nSPS) is 12.5. The van der Waals surface area contributed by atoms with Crippen LogP contribution in [0.5, 0.6) is 0 Å². The van der Waals surface area contributed by atoms with Crippen molar-refractivity contribution >= 4 is 35.1 Å². The molecule has 4 rings (SSSR count). The third-order valence-electron chi connectivity index (χ3n) is 5.09. The van der Waals surface area contributed by atoms with Gasteiger partial charge in [-0.25, -0.2) is 9.69 Å². The quantitative estimate of drug-likeness (QED) is 0.517. The van der Waals surface area contributed by atoms with Crippen molar-refractivity contribution in [3.8, 4) is 0 Å². The molecule has 3 aromatic rings. The Balaban J connectivity index is 1.54. The van der Waals surface area contributed by atoms with Crippen molar-refractivity contribution in [2.45, 2.75) is 6.92 Å². The molecule has 3 amide bonds. The predicted octanol–water partition coefficient (Wildman–Crippen LogP) is 3.83. The summed E-state index contributed by atoms with van der Waals surface area (Å²) < 4.78 is 4.71. The molecule has 0 atom stereocenters. The Morgan fingerprint density at radius 2 is 1.42 bits per heavy atom. The molecule has 7 heteroatoms. The highest BCUT2D eigenvalue weighted by Crippen LogP contribution is 2.28. The number of nitrogens with one attached hydrogen (secondary N) is 1. The third-order valence-corrected chi connectivity index (χ3v) is 5.09. The Hall–Kier alpha value is -4.26. The summed E-state index contributed by atoms with van der Waals surface area (Å²) in [6.45, 7) is 1.81. The summed E-state index contributed by atoms with van der Waals surface area (Å²) in [5.74, 6) is -1.68. The Morgan fingerprint density at radius 3 is 2.00 bits per heavy atom. The highest BCUT2D eigenvalue weighted by molar-refractivity contribution is 6.34. The number of amides is 3. The zero-order valence-electron chi connectivity index (χ0n) is 16.8. The number of rotatable bonds is 4. The van der Waals surface area contributed by atoms with Crippen LogP contribution in [0, 0.1) is 6.92 Å². The van der Waals surface area contributed by atoms with Gasteiger partial charge in [-0.3, -0.25) is 14.4 Å². The molecule has 31 heavy (non-hydrogen) atoms. The number of hydrogen-bond acceptors (Lipinski definition) is 5. The summed E-state index contributed by atoms with van der Waals surface area (Å²) in [5.41, 5.74) is 3.02. The van der Waals surface area contributed by atoms with Crippen LogP contribution in [0.4, 0.5) is 11.4 Å². The van der Waals surface area contributed by atoms with Crippen LogP contribution in [0.3, 0.4) is 0 Å². The molecular weight excluding hydrogens is 396 g/mol. The van der Waals surface area contributed by atoms with Gasteiger partial charge in [-0.15, -0.1) is 0 Å². The second-order valence-electron chi connectivity index (χ2n) is 7.01. The fourth-order valence-corrected chi connectivity index (χ4v) is 3.38. The first-order chi connectivity index (χ1) is 14.9. The minimum atomic E-state index is -0.499. The molecule has 0 radical (unpaired) electrons. The van der Waals surface area contributed by atoms with E-state index in [0.29, 0.717) is 33.6 Å². The van der Waals surface area contributed by atoms with Crippen LogP contribution in [0.25, 0.3) is 0 Å². The van der Waals surface area contributed by atoms with Gasteiger partial charge in [0.1, 0.15) is 0 Å². The van der Waals surface area contributed by atoms with Crippen LogP contribution in [0.2, 0.25) is 0 Å². The highest BCUT2D eigenvalue weighted by atomic mass is 16.5. The van der Waals surface area contributed by atoms with E-state index in [-0.39, 0.29) is 5.91 Å². The lowest BCUT2D eigenvalue weighted by Crippen LogP contribution is -2.29. The van der Waals surface area contributed by atoms with E-state index in [2.05, 4.69) is 5.32 Å². The zero-order chi connectivity index (χ0) is 22.1. The first kappa shape index (κ1) is 20.0. The number of anilines is 2. The van der Waals surface area contributed by atoms with Gasteiger partial charge in [-0.2, -0.15) is 0 Å². The van der Waals surface area contributed by atoms with Crippen LogP contribution in [0.1, 0.15) is 47.0 Å². The number of benzene rings is 3. The number of carbonyl (C=O) groups is 4. The van der Waals surface area contributed by atoms with Gasteiger partial charge < -0.3 is 10.1 Å². The smallest absolute Gasteiger partial charge is 0.337 e. The Labute approximate surface area is 178 Å². The van der Waals surface area contributed by atoms with Crippen molar-refractivity contribution in [1.82, 2.24) is 0 Å². The van der Waals surface area contributed by atoms with Crippen molar-refractivity contribution in [2.75, 3.05) is 17.3 Å². The van der Waals surface area contributed by atoms with Crippen molar-refractivity contribution in [2.24, 2.45) is 0 Å². The lowest BCUT2D eigenvalue weighted by molar-refractivity contribution is 0.0600. The van der Waals surface area contributed by atoms with Crippen LogP contribution < -0.4 is 10.2 Å². The number of methoxy groups -OCH3 is 1. The van der Waals surface area contributed by atoms with Crippen LogP contribution >= 0.6 is 0 Å². The van der Waals surface area contributed by atoms with Crippen LogP contribution in [-0.2, 0) is 4.74 Å². The van der Waals surface area contributed by atoms with Gasteiger partial charge >= 0.3 is 5.97 Å². The SMILES string of the molecule is COC(=O)c1ccc(C)c(NC(=O)c2ccc(N3C(=O)c4ccccc4C3=O)cc2)c1. The molecule has 154 valence electrons. The molecule has 0 bridgehead atoms. The predicted molar refractivity (Wildman–Crippen MR) is 114 cm³/mol. The van der Waals surface area contributed by atoms with Crippen molar-refractivity contribution in [1.29, 1.82) is 0 Å². The summed E-state index contributed by atoms with van der Waals surface area (Å²) in [6, 6.07) is 17.7. The molecule has 0 spiro atoms. The molecule has 0 unspecified atom stereocenters. The van der Waals surface area contributed by atoms with E-state index >= 15 is 0 Å². The fourth-order valence-electron chi connectivity index (χ4n) is 3.38. The van der Waals surface area contributed by atoms with Gasteiger partial charge in [0.25, 0.3) is 17.7 Å². The summed E-state index contributed by atoms with van der Waals surface area (Å²) in [7, 11) is 1.29. The number of aryl methyl sites for hydroxylation is 1. The molecule has 0 aromatic heterocycles. The molecular formula is C24H18N2O5.